The topological polar surface area (TPSA) is 38.2 Å². The minimum Gasteiger partial charge on any atom is -0.377 e. The number of aromatic nitrogens is 2. The highest BCUT2D eigenvalue weighted by atomic mass is 16.5. The summed E-state index contributed by atoms with van der Waals surface area (Å²) in [6, 6.07) is 2.47. The van der Waals surface area contributed by atoms with Crippen LogP contribution in [-0.2, 0) is 4.74 Å². The van der Waals surface area contributed by atoms with E-state index in [1.807, 2.05) is 20.0 Å². The molecule has 1 aliphatic rings. The highest BCUT2D eigenvalue weighted by Gasteiger charge is 2.23. The lowest BCUT2D eigenvalue weighted by molar-refractivity contribution is 0.00987. The van der Waals surface area contributed by atoms with Gasteiger partial charge in [0.05, 0.1) is 19.3 Å². The number of hydrogen-bond acceptors (Lipinski definition) is 4. The molecule has 0 spiro atoms. The van der Waals surface area contributed by atoms with Crippen LogP contribution in [0.25, 0.3) is 0 Å². The number of anilines is 1. The second-order valence-corrected chi connectivity index (χ2v) is 3.32. The highest BCUT2D eigenvalue weighted by Crippen LogP contribution is 2.16. The Hall–Kier alpha value is -1.16. The van der Waals surface area contributed by atoms with Gasteiger partial charge in [-0.2, -0.15) is 0 Å². The van der Waals surface area contributed by atoms with Crippen LogP contribution < -0.4 is 4.90 Å². The van der Waals surface area contributed by atoms with Gasteiger partial charge in [-0.3, -0.25) is 0 Å². The number of aryl methyl sites for hydroxylation is 1. The van der Waals surface area contributed by atoms with E-state index in [1.54, 1.807) is 6.33 Å². The van der Waals surface area contributed by atoms with Crippen molar-refractivity contribution in [3.05, 3.63) is 18.1 Å². The third-order valence-corrected chi connectivity index (χ3v) is 2.32. The maximum absolute atomic E-state index is 5.12. The first-order chi connectivity index (χ1) is 6.27. The highest BCUT2D eigenvalue weighted by molar-refractivity contribution is 5.39. The molecule has 70 valence electrons. The van der Waals surface area contributed by atoms with E-state index >= 15 is 0 Å². The SMILES string of the molecule is Cc1cc(N(C)C2COC2)ncn1. The standard InChI is InChI=1S/C9H13N3O/c1-7-3-9(11-6-10-7)12(2)8-4-13-5-8/h3,6,8H,4-5H2,1-2H3. The molecule has 0 aliphatic carbocycles. The summed E-state index contributed by atoms with van der Waals surface area (Å²) in [5.41, 5.74) is 0.997. The molecule has 1 saturated heterocycles. The number of rotatable bonds is 2. The summed E-state index contributed by atoms with van der Waals surface area (Å²) in [6.45, 7) is 3.58. The van der Waals surface area contributed by atoms with Gasteiger partial charge in [0.25, 0.3) is 0 Å². The quantitative estimate of drug-likeness (QED) is 0.667. The van der Waals surface area contributed by atoms with Crippen LogP contribution in [0.1, 0.15) is 5.69 Å². The molecule has 0 amide bonds. The van der Waals surface area contributed by atoms with E-state index in [-0.39, 0.29) is 0 Å². The zero-order valence-corrected chi connectivity index (χ0v) is 7.90. The molecule has 1 aromatic heterocycles. The molecule has 4 heteroatoms. The van der Waals surface area contributed by atoms with Crippen LogP contribution >= 0.6 is 0 Å². The van der Waals surface area contributed by atoms with Crippen molar-refractivity contribution in [1.82, 2.24) is 9.97 Å². The van der Waals surface area contributed by atoms with Crippen molar-refractivity contribution >= 4 is 5.82 Å². The van der Waals surface area contributed by atoms with Crippen LogP contribution in [0.4, 0.5) is 5.82 Å². The molecule has 4 nitrogen and oxygen atoms in total. The summed E-state index contributed by atoms with van der Waals surface area (Å²) in [5, 5.41) is 0. The van der Waals surface area contributed by atoms with Crippen LogP contribution in [0.2, 0.25) is 0 Å². The lowest BCUT2D eigenvalue weighted by Crippen LogP contribution is -2.47. The smallest absolute Gasteiger partial charge is 0.132 e. The van der Waals surface area contributed by atoms with Crippen molar-refractivity contribution in [2.75, 3.05) is 25.2 Å². The third-order valence-electron chi connectivity index (χ3n) is 2.32. The second kappa shape index (κ2) is 3.30. The molecule has 0 N–H and O–H groups in total. The van der Waals surface area contributed by atoms with Crippen molar-refractivity contribution < 1.29 is 4.74 Å². The molecule has 13 heavy (non-hydrogen) atoms. The molecule has 0 atom stereocenters. The maximum atomic E-state index is 5.12. The van der Waals surface area contributed by atoms with Gasteiger partial charge in [0.1, 0.15) is 12.1 Å². The molecule has 0 bridgehead atoms. The second-order valence-electron chi connectivity index (χ2n) is 3.32. The number of ether oxygens (including phenoxy) is 1. The first-order valence-electron chi connectivity index (χ1n) is 4.36. The normalized spacial score (nSPS) is 16.8. The van der Waals surface area contributed by atoms with Gasteiger partial charge >= 0.3 is 0 Å². The first kappa shape index (κ1) is 8.44. The molecule has 0 saturated carbocycles. The minimum atomic E-state index is 0.481. The summed E-state index contributed by atoms with van der Waals surface area (Å²) in [4.78, 5) is 10.4. The number of hydrogen-bond donors (Lipinski definition) is 0. The maximum Gasteiger partial charge on any atom is 0.132 e. The average molecular weight is 179 g/mol. The van der Waals surface area contributed by atoms with E-state index in [4.69, 9.17) is 4.74 Å². The van der Waals surface area contributed by atoms with Crippen molar-refractivity contribution in [2.45, 2.75) is 13.0 Å². The van der Waals surface area contributed by atoms with Gasteiger partial charge in [-0.25, -0.2) is 9.97 Å². The average Bonchev–Trinajstić information content (AvgIpc) is 2.01. The first-order valence-corrected chi connectivity index (χ1v) is 4.36. The zero-order chi connectivity index (χ0) is 9.26. The van der Waals surface area contributed by atoms with E-state index in [0.717, 1.165) is 24.7 Å². The Labute approximate surface area is 77.6 Å². The van der Waals surface area contributed by atoms with E-state index in [9.17, 15) is 0 Å². The van der Waals surface area contributed by atoms with Crippen molar-refractivity contribution in [3.8, 4) is 0 Å². The molecule has 1 aliphatic heterocycles. The molecule has 0 radical (unpaired) electrons. The largest absolute Gasteiger partial charge is 0.377 e. The molecule has 0 unspecified atom stereocenters. The Balaban J connectivity index is 2.14. The van der Waals surface area contributed by atoms with Crippen LogP contribution in [0.3, 0.4) is 0 Å². The van der Waals surface area contributed by atoms with Gasteiger partial charge in [0.15, 0.2) is 0 Å². The van der Waals surface area contributed by atoms with E-state index in [2.05, 4.69) is 14.9 Å². The minimum absolute atomic E-state index is 0.481. The fourth-order valence-electron chi connectivity index (χ4n) is 1.27. The third kappa shape index (κ3) is 1.62. The van der Waals surface area contributed by atoms with E-state index in [0.29, 0.717) is 6.04 Å². The fourth-order valence-corrected chi connectivity index (χ4v) is 1.27. The Kier molecular flexibility index (Phi) is 2.14. The fraction of sp³-hybridized carbons (Fsp3) is 0.556. The molecule has 1 fully saturated rings. The Morgan fingerprint density at radius 2 is 2.23 bits per heavy atom. The molecular formula is C9H13N3O. The summed E-state index contributed by atoms with van der Waals surface area (Å²) in [6.07, 6.45) is 1.60. The Bertz CT molecular complexity index is 299. The lowest BCUT2D eigenvalue weighted by Gasteiger charge is -2.35. The van der Waals surface area contributed by atoms with Gasteiger partial charge in [-0.05, 0) is 6.92 Å². The molecule has 2 rings (SSSR count). The summed E-state index contributed by atoms with van der Waals surface area (Å²) >= 11 is 0. The molecular weight excluding hydrogens is 166 g/mol. The van der Waals surface area contributed by atoms with Crippen molar-refractivity contribution in [2.24, 2.45) is 0 Å². The van der Waals surface area contributed by atoms with E-state index < -0.39 is 0 Å². The van der Waals surface area contributed by atoms with Crippen LogP contribution in [0, 0.1) is 6.92 Å². The number of likely N-dealkylation sites (N-methyl/N-ethyl adjacent to an activating group) is 1. The van der Waals surface area contributed by atoms with Gasteiger partial charge in [-0.15, -0.1) is 0 Å². The molecule has 2 heterocycles. The van der Waals surface area contributed by atoms with Crippen molar-refractivity contribution in [3.63, 3.8) is 0 Å². The number of nitrogens with zero attached hydrogens (tertiary/aromatic N) is 3. The Morgan fingerprint density at radius 1 is 1.46 bits per heavy atom. The lowest BCUT2D eigenvalue weighted by atomic mass is 10.2. The predicted molar refractivity (Wildman–Crippen MR) is 49.8 cm³/mol. The van der Waals surface area contributed by atoms with Gasteiger partial charge < -0.3 is 9.64 Å². The summed E-state index contributed by atoms with van der Waals surface area (Å²) in [7, 11) is 2.04. The molecule has 0 aromatic carbocycles. The summed E-state index contributed by atoms with van der Waals surface area (Å²) in [5.74, 6) is 0.973. The zero-order valence-electron chi connectivity index (χ0n) is 7.90. The summed E-state index contributed by atoms with van der Waals surface area (Å²) < 4.78 is 5.12. The van der Waals surface area contributed by atoms with Gasteiger partial charge in [0, 0.05) is 18.8 Å². The predicted octanol–water partition coefficient (Wildman–Crippen LogP) is 0.620. The Morgan fingerprint density at radius 3 is 2.77 bits per heavy atom. The van der Waals surface area contributed by atoms with Crippen LogP contribution in [-0.4, -0.2) is 36.3 Å². The van der Waals surface area contributed by atoms with E-state index in [1.165, 1.54) is 0 Å². The van der Waals surface area contributed by atoms with Gasteiger partial charge in [0.2, 0.25) is 0 Å². The van der Waals surface area contributed by atoms with Crippen LogP contribution in [0.5, 0.6) is 0 Å². The monoisotopic (exact) mass is 179 g/mol. The van der Waals surface area contributed by atoms with Crippen LogP contribution in [0.15, 0.2) is 12.4 Å². The van der Waals surface area contributed by atoms with Crippen molar-refractivity contribution in [1.29, 1.82) is 0 Å². The molecule has 1 aromatic rings. The van der Waals surface area contributed by atoms with Gasteiger partial charge in [-0.1, -0.05) is 0 Å².